The van der Waals surface area contributed by atoms with E-state index in [4.69, 9.17) is 0 Å². The highest BCUT2D eigenvalue weighted by molar-refractivity contribution is 6.01. The third-order valence-corrected chi connectivity index (χ3v) is 12.9. The number of amides is 4. The van der Waals surface area contributed by atoms with Crippen molar-refractivity contribution in [3.63, 3.8) is 0 Å². The van der Waals surface area contributed by atoms with Crippen LogP contribution in [0.5, 0.6) is 0 Å². The molecule has 5 aliphatic rings. The fraction of sp³-hybridized carbons (Fsp3) is 0.545. The van der Waals surface area contributed by atoms with Crippen LogP contribution < -0.4 is 26.2 Å². The monoisotopic (exact) mass is 811 g/mol. The summed E-state index contributed by atoms with van der Waals surface area (Å²) in [5, 5.41) is 12.1. The molecule has 0 radical (unpaired) electrons. The van der Waals surface area contributed by atoms with E-state index in [0.29, 0.717) is 54.7 Å². The van der Waals surface area contributed by atoms with Gasteiger partial charge in [0, 0.05) is 72.5 Å². The average Bonchev–Trinajstić information content (AvgIpc) is 3.25. The first-order chi connectivity index (χ1) is 28.6. The highest BCUT2D eigenvalue weighted by atomic mass is 19.1. The summed E-state index contributed by atoms with van der Waals surface area (Å²) in [5.74, 6) is -0.877. The van der Waals surface area contributed by atoms with Gasteiger partial charge in [0.15, 0.2) is 5.82 Å². The number of carbonyl (C=O) groups is 4. The number of piperidine rings is 4. The van der Waals surface area contributed by atoms with Crippen molar-refractivity contribution in [1.82, 2.24) is 30.4 Å². The largest absolute Gasteiger partial charge is 0.374 e. The average molecular weight is 812 g/mol. The Labute approximate surface area is 344 Å². The molecule has 8 rings (SSSR count). The van der Waals surface area contributed by atoms with Crippen molar-refractivity contribution in [2.45, 2.75) is 114 Å². The van der Waals surface area contributed by atoms with Crippen LogP contribution in [-0.2, 0) is 25.7 Å². The Morgan fingerprint density at radius 3 is 2.32 bits per heavy atom. The summed E-state index contributed by atoms with van der Waals surface area (Å²) in [5.41, 5.74) is 2.70. The third-order valence-electron chi connectivity index (χ3n) is 12.9. The second kappa shape index (κ2) is 18.5. The molecule has 0 bridgehead atoms. The number of imide groups is 1. The Bertz CT molecular complexity index is 2010. The molecule has 4 aliphatic heterocycles. The molecule has 3 aromatic rings. The van der Waals surface area contributed by atoms with E-state index in [-0.39, 0.29) is 59.6 Å². The first-order valence-corrected chi connectivity index (χ1v) is 21.5. The molecule has 15 heteroatoms. The maximum absolute atomic E-state index is 15.1. The smallest absolute Gasteiger partial charge is 0.249 e. The molecule has 0 spiro atoms. The molecule has 314 valence electrons. The molecule has 5 heterocycles. The number of halogens is 2. The molecule has 13 nitrogen and oxygen atoms in total. The predicted octanol–water partition coefficient (Wildman–Crippen LogP) is 5.37. The second-order valence-electron chi connectivity index (χ2n) is 16.9. The minimum atomic E-state index is -0.552. The molecule has 1 unspecified atom stereocenters. The lowest BCUT2D eigenvalue weighted by molar-refractivity contribution is -0.133. The molecule has 1 aliphatic carbocycles. The number of anilines is 3. The third kappa shape index (κ3) is 10.1. The summed E-state index contributed by atoms with van der Waals surface area (Å²) in [6.45, 7) is 4.74. The summed E-state index contributed by atoms with van der Waals surface area (Å²) in [7, 11) is 0. The van der Waals surface area contributed by atoms with Gasteiger partial charge in [-0.1, -0.05) is 18.2 Å². The molecule has 1 aromatic heterocycles. The molecular weight excluding hydrogens is 757 g/mol. The molecule has 4 amide bonds. The maximum atomic E-state index is 15.1. The first-order valence-electron chi connectivity index (χ1n) is 21.5. The molecule has 4 saturated heterocycles. The lowest BCUT2D eigenvalue weighted by Gasteiger charge is -2.42. The number of hydrogen-bond donors (Lipinski definition) is 4. The van der Waals surface area contributed by atoms with E-state index in [2.05, 4.69) is 41.0 Å². The van der Waals surface area contributed by atoms with Gasteiger partial charge in [-0.05, 0) is 121 Å². The Hall–Kier alpha value is -5.02. The number of aromatic nitrogens is 2. The maximum Gasteiger partial charge on any atom is 0.249 e. The summed E-state index contributed by atoms with van der Waals surface area (Å²) in [4.78, 5) is 64.7. The van der Waals surface area contributed by atoms with E-state index >= 15 is 4.39 Å². The van der Waals surface area contributed by atoms with E-state index in [0.717, 1.165) is 96.1 Å². The SMILES string of the molecule is O=C1CCC(Nc2ccc(CN3CCC(N4CCC(C(=O)NC5CCC(Nc6ncc(F)c(-c7cccc(N8CCCCC8=O)c7)n6)CC5)CC4)CC3)c(F)c2)C(=O)N1. The predicted molar refractivity (Wildman–Crippen MR) is 220 cm³/mol. The Balaban J connectivity index is 0.739. The van der Waals surface area contributed by atoms with Crippen molar-refractivity contribution < 1.29 is 28.0 Å². The van der Waals surface area contributed by atoms with Gasteiger partial charge in [-0.2, -0.15) is 0 Å². The summed E-state index contributed by atoms with van der Waals surface area (Å²) in [6.07, 6.45) is 11.3. The highest BCUT2D eigenvalue weighted by Gasteiger charge is 2.33. The van der Waals surface area contributed by atoms with Gasteiger partial charge >= 0.3 is 0 Å². The molecule has 1 atom stereocenters. The number of nitrogens with zero attached hydrogens (tertiary/aromatic N) is 5. The van der Waals surface area contributed by atoms with Gasteiger partial charge in [-0.3, -0.25) is 29.4 Å². The lowest BCUT2D eigenvalue weighted by atomic mass is 9.89. The van der Waals surface area contributed by atoms with E-state index < -0.39 is 11.9 Å². The number of benzene rings is 2. The molecule has 5 fully saturated rings. The second-order valence-corrected chi connectivity index (χ2v) is 16.9. The standard InChI is InChI=1S/C44H55F2N9O4/c45-36-25-33(48-38-13-14-39(56)51-43(38)59)8-7-30(36)27-53-20-17-34(18-21-53)54-22-15-28(16-23-54)42(58)49-31-9-11-32(12-10-31)50-44-47-26-37(46)41(52-44)29-4-3-5-35(24-29)55-19-2-1-6-40(55)57/h3-5,7-8,24-26,28,31-32,34,38,48H,1-2,6,9-23,27H2,(H,49,58)(H,47,50,52)(H,51,56,59). The van der Waals surface area contributed by atoms with Crippen LogP contribution in [-0.4, -0.2) is 100 Å². The van der Waals surface area contributed by atoms with E-state index in [1.54, 1.807) is 23.1 Å². The van der Waals surface area contributed by atoms with Gasteiger partial charge in [0.05, 0.1) is 6.20 Å². The molecule has 4 N–H and O–H groups in total. The van der Waals surface area contributed by atoms with Crippen molar-refractivity contribution >= 4 is 41.0 Å². The van der Waals surface area contributed by atoms with Crippen LogP contribution in [0.15, 0.2) is 48.7 Å². The molecule has 59 heavy (non-hydrogen) atoms. The Morgan fingerprint density at radius 1 is 0.797 bits per heavy atom. The first kappa shape index (κ1) is 40.7. The topological polar surface area (TPSA) is 152 Å². The van der Waals surface area contributed by atoms with Gasteiger partial charge in [-0.15, -0.1) is 0 Å². The van der Waals surface area contributed by atoms with Crippen molar-refractivity contribution in [2.75, 3.05) is 48.3 Å². The number of likely N-dealkylation sites (tertiary alicyclic amines) is 2. The Kier molecular flexibility index (Phi) is 12.8. The van der Waals surface area contributed by atoms with Gasteiger partial charge in [0.25, 0.3) is 0 Å². The van der Waals surface area contributed by atoms with Crippen LogP contribution in [0.1, 0.15) is 89.0 Å². The fourth-order valence-electron chi connectivity index (χ4n) is 9.43. The summed E-state index contributed by atoms with van der Waals surface area (Å²) >= 11 is 0. The van der Waals surface area contributed by atoms with Crippen LogP contribution >= 0.6 is 0 Å². The van der Waals surface area contributed by atoms with Crippen LogP contribution in [0.4, 0.5) is 26.1 Å². The van der Waals surface area contributed by atoms with Gasteiger partial charge in [-0.25, -0.2) is 18.7 Å². The van der Waals surface area contributed by atoms with Crippen molar-refractivity contribution in [3.05, 3.63) is 65.9 Å². The van der Waals surface area contributed by atoms with Crippen LogP contribution in [0.25, 0.3) is 11.3 Å². The van der Waals surface area contributed by atoms with Crippen molar-refractivity contribution in [2.24, 2.45) is 5.92 Å². The number of hydrogen-bond acceptors (Lipinski definition) is 10. The normalized spacial score (nSPS) is 24.1. The van der Waals surface area contributed by atoms with E-state index in [1.807, 2.05) is 18.2 Å². The van der Waals surface area contributed by atoms with Crippen LogP contribution in [0, 0.1) is 17.6 Å². The highest BCUT2D eigenvalue weighted by Crippen LogP contribution is 2.30. The van der Waals surface area contributed by atoms with Gasteiger partial charge in [0.2, 0.25) is 29.6 Å². The van der Waals surface area contributed by atoms with Crippen LogP contribution in [0.2, 0.25) is 0 Å². The Morgan fingerprint density at radius 2 is 1.58 bits per heavy atom. The number of carbonyl (C=O) groups excluding carboxylic acids is 4. The molecule has 2 aromatic carbocycles. The molecular formula is C44H55F2N9O4. The minimum Gasteiger partial charge on any atom is -0.374 e. The molecule has 1 saturated carbocycles. The lowest BCUT2D eigenvalue weighted by Crippen LogP contribution is -2.50. The van der Waals surface area contributed by atoms with Crippen molar-refractivity contribution in [3.8, 4) is 11.3 Å². The van der Waals surface area contributed by atoms with E-state index in [1.165, 1.54) is 12.3 Å². The summed E-state index contributed by atoms with van der Waals surface area (Å²) < 4.78 is 30.1. The number of rotatable bonds is 11. The quantitative estimate of drug-likeness (QED) is 0.186. The van der Waals surface area contributed by atoms with Crippen molar-refractivity contribution in [1.29, 1.82) is 0 Å². The van der Waals surface area contributed by atoms with E-state index in [9.17, 15) is 23.6 Å². The summed E-state index contributed by atoms with van der Waals surface area (Å²) in [6, 6.07) is 12.5. The zero-order chi connectivity index (χ0) is 40.9. The zero-order valence-electron chi connectivity index (χ0n) is 33.6. The zero-order valence-corrected chi connectivity index (χ0v) is 33.6. The minimum absolute atomic E-state index is 0.00943. The fourth-order valence-corrected chi connectivity index (χ4v) is 9.43. The van der Waals surface area contributed by atoms with Gasteiger partial charge in [0.1, 0.15) is 17.6 Å². The van der Waals surface area contributed by atoms with Crippen LogP contribution in [0.3, 0.4) is 0 Å². The van der Waals surface area contributed by atoms with Gasteiger partial charge < -0.3 is 25.8 Å². The number of nitrogens with one attached hydrogen (secondary N) is 4.